The Hall–Kier alpha value is -1.31. The molecule has 180 valence electrons. The van der Waals surface area contributed by atoms with Gasteiger partial charge in [-0.3, -0.25) is 4.99 Å². The second-order valence-electron chi connectivity index (χ2n) is 6.79. The van der Waals surface area contributed by atoms with Gasteiger partial charge in [0.2, 0.25) is 0 Å². The summed E-state index contributed by atoms with van der Waals surface area (Å²) < 4.78 is 48.5. The molecule has 0 saturated carbocycles. The summed E-state index contributed by atoms with van der Waals surface area (Å²) in [5.41, 5.74) is -0.793. The summed E-state index contributed by atoms with van der Waals surface area (Å²) in [6, 6.07) is 4.56. The molecule has 11 heteroatoms. The smallest absolute Gasteiger partial charge is 0.416 e. The number of guanidine groups is 1. The lowest BCUT2D eigenvalue weighted by Gasteiger charge is -2.18. The van der Waals surface area contributed by atoms with Gasteiger partial charge >= 0.3 is 6.18 Å². The second-order valence-corrected chi connectivity index (χ2v) is 6.79. The first-order valence-corrected chi connectivity index (χ1v) is 9.94. The zero-order valence-electron chi connectivity index (χ0n) is 18.2. The first-order valence-electron chi connectivity index (χ1n) is 9.94. The van der Waals surface area contributed by atoms with Crippen LogP contribution in [0.4, 0.5) is 13.2 Å². The zero-order valence-corrected chi connectivity index (χ0v) is 20.6. The summed E-state index contributed by atoms with van der Waals surface area (Å²) in [7, 11) is 3.70. The molecule has 0 saturated heterocycles. The molecule has 0 bridgehead atoms. The van der Waals surface area contributed by atoms with Crippen molar-refractivity contribution in [3.8, 4) is 5.75 Å². The van der Waals surface area contributed by atoms with Gasteiger partial charge in [0.1, 0.15) is 18.5 Å². The number of aliphatic imine (C=N–C) groups is 1. The molecule has 31 heavy (non-hydrogen) atoms. The molecule has 1 aromatic rings. The van der Waals surface area contributed by atoms with Gasteiger partial charge in [-0.2, -0.15) is 13.2 Å². The molecule has 0 aliphatic carbocycles. The molecule has 0 aromatic heterocycles. The van der Waals surface area contributed by atoms with E-state index in [0.717, 1.165) is 38.2 Å². The van der Waals surface area contributed by atoms with E-state index in [0.29, 0.717) is 19.0 Å². The molecule has 1 unspecified atom stereocenters. The van der Waals surface area contributed by atoms with E-state index in [-0.39, 0.29) is 42.9 Å². The summed E-state index contributed by atoms with van der Waals surface area (Å²) >= 11 is 0. The highest BCUT2D eigenvalue weighted by molar-refractivity contribution is 14.0. The van der Waals surface area contributed by atoms with E-state index in [1.807, 2.05) is 14.0 Å². The molecule has 1 rings (SSSR count). The van der Waals surface area contributed by atoms with Crippen LogP contribution in [0.15, 0.2) is 29.3 Å². The van der Waals surface area contributed by atoms with Gasteiger partial charge in [0, 0.05) is 39.9 Å². The molecule has 0 aliphatic heterocycles. The van der Waals surface area contributed by atoms with E-state index in [1.54, 1.807) is 7.11 Å². The third-order valence-electron chi connectivity index (χ3n) is 4.08. The van der Waals surface area contributed by atoms with E-state index in [9.17, 15) is 18.3 Å². The van der Waals surface area contributed by atoms with Crippen LogP contribution < -0.4 is 15.4 Å². The van der Waals surface area contributed by atoms with Gasteiger partial charge in [-0.25, -0.2) is 0 Å². The van der Waals surface area contributed by atoms with Crippen molar-refractivity contribution in [3.05, 3.63) is 29.8 Å². The number of rotatable bonds is 13. The van der Waals surface area contributed by atoms with Crippen molar-refractivity contribution in [2.24, 2.45) is 4.99 Å². The highest BCUT2D eigenvalue weighted by atomic mass is 127. The number of likely N-dealkylation sites (N-methyl/N-ethyl adjacent to an activating group) is 1. The van der Waals surface area contributed by atoms with E-state index >= 15 is 0 Å². The molecule has 7 nitrogen and oxygen atoms in total. The maximum absolute atomic E-state index is 12.7. The van der Waals surface area contributed by atoms with Gasteiger partial charge in [-0.1, -0.05) is 6.07 Å². The molecule has 0 amide bonds. The lowest BCUT2D eigenvalue weighted by atomic mass is 10.2. The predicted molar refractivity (Wildman–Crippen MR) is 126 cm³/mol. The molecule has 3 N–H and O–H groups in total. The van der Waals surface area contributed by atoms with Crippen LogP contribution in [0.25, 0.3) is 0 Å². The summed E-state index contributed by atoms with van der Waals surface area (Å²) in [5.74, 6) is 0.607. The molecule has 1 aromatic carbocycles. The predicted octanol–water partition coefficient (Wildman–Crippen LogP) is 2.59. The number of aliphatic hydroxyl groups excluding tert-OH is 1. The summed E-state index contributed by atoms with van der Waals surface area (Å²) in [4.78, 5) is 6.47. The number of ether oxygens (including phenoxy) is 2. The summed E-state index contributed by atoms with van der Waals surface area (Å²) in [5, 5.41) is 16.3. The van der Waals surface area contributed by atoms with Gasteiger partial charge in [0.25, 0.3) is 0 Å². The monoisotopic (exact) mass is 562 g/mol. The van der Waals surface area contributed by atoms with Crippen LogP contribution in [0.3, 0.4) is 0 Å². The second kappa shape index (κ2) is 16.3. The molecular weight excluding hydrogens is 528 g/mol. The van der Waals surface area contributed by atoms with E-state index in [2.05, 4.69) is 20.5 Å². The van der Waals surface area contributed by atoms with Gasteiger partial charge in [-0.15, -0.1) is 24.0 Å². The van der Waals surface area contributed by atoms with Crippen LogP contribution in [0.2, 0.25) is 0 Å². The fourth-order valence-electron chi connectivity index (χ4n) is 2.50. The molecular formula is C20H34F3IN4O3. The molecule has 1 atom stereocenters. The van der Waals surface area contributed by atoms with Crippen LogP contribution in [0.1, 0.15) is 18.9 Å². The Morgan fingerprint density at radius 3 is 2.65 bits per heavy atom. The van der Waals surface area contributed by atoms with Crippen molar-refractivity contribution in [3.63, 3.8) is 0 Å². The van der Waals surface area contributed by atoms with E-state index in [4.69, 9.17) is 9.47 Å². The Balaban J connectivity index is 0.00000900. The first-order chi connectivity index (χ1) is 14.3. The van der Waals surface area contributed by atoms with Crippen molar-refractivity contribution >= 4 is 29.9 Å². The maximum atomic E-state index is 12.7. The maximum Gasteiger partial charge on any atom is 0.416 e. The molecule has 0 spiro atoms. The molecule has 0 radical (unpaired) electrons. The third-order valence-corrected chi connectivity index (χ3v) is 4.08. The van der Waals surface area contributed by atoms with Crippen molar-refractivity contribution < 1.29 is 27.8 Å². The van der Waals surface area contributed by atoms with Crippen LogP contribution in [-0.2, 0) is 10.9 Å². The third kappa shape index (κ3) is 13.7. The standard InChI is InChI=1S/C20H33F3N4O3.HI/c1-4-24-19(25-9-11-27(2)10-6-12-29-3)26-14-17(28)15-30-18-8-5-7-16(13-18)20(21,22)23;/h5,7-8,13,17,28H,4,6,9-12,14-15H2,1-3H3,(H2,24,25,26);1H. The Bertz CT molecular complexity index is 636. The summed E-state index contributed by atoms with van der Waals surface area (Å²) in [6.45, 7) is 5.62. The number of halogens is 4. The van der Waals surface area contributed by atoms with Gasteiger partial charge in [0.05, 0.1) is 12.1 Å². The lowest BCUT2D eigenvalue weighted by Crippen LogP contribution is -2.41. The highest BCUT2D eigenvalue weighted by Gasteiger charge is 2.30. The Morgan fingerprint density at radius 2 is 2.00 bits per heavy atom. The first kappa shape index (κ1) is 29.7. The Morgan fingerprint density at radius 1 is 1.26 bits per heavy atom. The molecule has 0 aliphatic rings. The quantitative estimate of drug-likeness (QED) is 0.149. The van der Waals surface area contributed by atoms with Crippen molar-refractivity contribution in [2.45, 2.75) is 25.6 Å². The van der Waals surface area contributed by atoms with Gasteiger partial charge < -0.3 is 30.1 Å². The minimum atomic E-state index is -4.44. The number of nitrogens with zero attached hydrogens (tertiary/aromatic N) is 2. The number of methoxy groups -OCH3 is 1. The number of hydrogen-bond acceptors (Lipinski definition) is 5. The number of hydrogen-bond donors (Lipinski definition) is 3. The van der Waals surface area contributed by atoms with Crippen LogP contribution >= 0.6 is 24.0 Å². The lowest BCUT2D eigenvalue weighted by molar-refractivity contribution is -0.137. The average Bonchev–Trinajstić information content (AvgIpc) is 2.70. The summed E-state index contributed by atoms with van der Waals surface area (Å²) in [6.07, 6.45) is -4.43. The molecule has 0 fully saturated rings. The number of aliphatic hydroxyl groups is 1. The van der Waals surface area contributed by atoms with E-state index in [1.165, 1.54) is 12.1 Å². The minimum absolute atomic E-state index is 0. The van der Waals surface area contributed by atoms with Crippen LogP contribution in [-0.4, -0.2) is 82.2 Å². The number of alkyl halides is 3. The van der Waals surface area contributed by atoms with Crippen molar-refractivity contribution in [1.29, 1.82) is 0 Å². The van der Waals surface area contributed by atoms with E-state index < -0.39 is 17.8 Å². The van der Waals surface area contributed by atoms with Crippen molar-refractivity contribution in [2.75, 3.05) is 60.1 Å². The largest absolute Gasteiger partial charge is 0.491 e. The average molecular weight is 562 g/mol. The van der Waals surface area contributed by atoms with Crippen LogP contribution in [0.5, 0.6) is 5.75 Å². The number of nitrogens with one attached hydrogen (secondary N) is 2. The van der Waals surface area contributed by atoms with Gasteiger partial charge in [0.15, 0.2) is 5.96 Å². The Labute approximate surface area is 199 Å². The SMILES string of the molecule is CCNC(=NCC(O)COc1cccc(C(F)(F)F)c1)NCCN(C)CCCOC.I. The molecule has 0 heterocycles. The Kier molecular flexibility index (Phi) is 15.7. The van der Waals surface area contributed by atoms with Gasteiger partial charge in [-0.05, 0) is 38.6 Å². The van der Waals surface area contributed by atoms with Crippen molar-refractivity contribution in [1.82, 2.24) is 15.5 Å². The minimum Gasteiger partial charge on any atom is -0.491 e. The normalized spacial score (nSPS) is 13.0. The topological polar surface area (TPSA) is 78.4 Å². The number of benzene rings is 1. The van der Waals surface area contributed by atoms with Crippen LogP contribution in [0, 0.1) is 0 Å². The highest BCUT2D eigenvalue weighted by Crippen LogP contribution is 2.31. The fourth-order valence-corrected chi connectivity index (χ4v) is 2.50. The fraction of sp³-hybridized carbons (Fsp3) is 0.650. The zero-order chi connectivity index (χ0) is 22.4.